The van der Waals surface area contributed by atoms with Crippen LogP contribution in [0.3, 0.4) is 0 Å². The van der Waals surface area contributed by atoms with Crippen molar-refractivity contribution in [2.24, 2.45) is 4.99 Å². The molecule has 0 aliphatic heterocycles. The molecule has 0 aromatic carbocycles. The molecule has 0 saturated heterocycles. The fourth-order valence-corrected chi connectivity index (χ4v) is 4.12. The summed E-state index contributed by atoms with van der Waals surface area (Å²) in [7, 11) is -3.11. The molecule has 2 unspecified atom stereocenters. The summed E-state index contributed by atoms with van der Waals surface area (Å²) in [5.74, 6) is 0.823. The zero-order valence-electron chi connectivity index (χ0n) is 14.9. The zero-order valence-corrected chi connectivity index (χ0v) is 18.8. The van der Waals surface area contributed by atoms with E-state index in [0.29, 0.717) is 12.6 Å². The molecule has 5 nitrogen and oxygen atoms in total. The number of guanidine groups is 1. The first kappa shape index (κ1) is 23.3. The molecule has 0 radical (unpaired) electrons. The van der Waals surface area contributed by atoms with Crippen molar-refractivity contribution in [1.82, 2.24) is 10.6 Å². The highest BCUT2D eigenvalue weighted by Gasteiger charge is 2.28. The molecule has 2 atom stereocenters. The van der Waals surface area contributed by atoms with Crippen LogP contribution in [0.25, 0.3) is 0 Å². The Bertz CT molecular complexity index is 476. The molecule has 1 rings (SSSR count). The predicted molar refractivity (Wildman–Crippen MR) is 113 cm³/mol. The molecule has 0 bridgehead atoms. The molecule has 0 aromatic rings. The van der Waals surface area contributed by atoms with Gasteiger partial charge in [0.2, 0.25) is 0 Å². The van der Waals surface area contributed by atoms with Gasteiger partial charge >= 0.3 is 0 Å². The molecule has 0 amide bonds. The van der Waals surface area contributed by atoms with E-state index in [4.69, 9.17) is 0 Å². The monoisotopic (exact) mass is 477 g/mol. The smallest absolute Gasteiger partial charge is 0.191 e. The van der Waals surface area contributed by atoms with Crippen LogP contribution in [-0.2, 0) is 9.84 Å². The van der Waals surface area contributed by atoms with Gasteiger partial charge in [0.05, 0.1) is 17.0 Å². The molecule has 138 valence electrons. The lowest BCUT2D eigenvalue weighted by Gasteiger charge is -2.19. The third kappa shape index (κ3) is 7.81. The van der Waals surface area contributed by atoms with Crippen LogP contribution in [-0.4, -0.2) is 55.5 Å². The number of halogens is 1. The summed E-state index contributed by atoms with van der Waals surface area (Å²) in [6.45, 7) is 8.29. The Balaban J connectivity index is 0.00000484. The number of rotatable bonds is 6. The maximum absolute atomic E-state index is 12.1. The van der Waals surface area contributed by atoms with E-state index in [-0.39, 0.29) is 29.7 Å². The summed E-state index contributed by atoms with van der Waals surface area (Å²) < 4.78 is 23.5. The van der Waals surface area contributed by atoms with Crippen molar-refractivity contribution in [1.29, 1.82) is 0 Å². The van der Waals surface area contributed by atoms with Crippen LogP contribution in [0.15, 0.2) is 4.99 Å². The lowest BCUT2D eigenvalue weighted by atomic mass is 10.2. The Morgan fingerprint density at radius 1 is 1.30 bits per heavy atom. The molecule has 1 fully saturated rings. The highest BCUT2D eigenvalue weighted by Crippen LogP contribution is 2.28. The summed E-state index contributed by atoms with van der Waals surface area (Å²) in [5, 5.41) is 7.37. The first-order chi connectivity index (χ1) is 10.2. The second kappa shape index (κ2) is 10.3. The molecule has 2 N–H and O–H groups in total. The van der Waals surface area contributed by atoms with Crippen molar-refractivity contribution in [3.8, 4) is 0 Å². The molecule has 8 heteroatoms. The second-order valence-electron chi connectivity index (χ2n) is 6.70. The van der Waals surface area contributed by atoms with Gasteiger partial charge in [-0.2, -0.15) is 11.8 Å². The standard InChI is InChI=1S/C15H31N3O2S2.HI/c1-6-16-14(18-12-7-8-13(11-12)21-5)17-9-10-22(19,20)15(2,3)4;/h12-13H,6-11H2,1-5H3,(H2,16,17,18);1H. The average molecular weight is 477 g/mol. The average Bonchev–Trinajstić information content (AvgIpc) is 2.85. The minimum absolute atomic E-state index is 0. The fraction of sp³-hybridized carbons (Fsp3) is 0.933. The van der Waals surface area contributed by atoms with Crippen LogP contribution in [0.5, 0.6) is 0 Å². The quantitative estimate of drug-likeness (QED) is 0.350. The van der Waals surface area contributed by atoms with Crippen LogP contribution in [0.1, 0.15) is 47.0 Å². The molecular formula is C15H32IN3O2S2. The van der Waals surface area contributed by atoms with Crippen LogP contribution >= 0.6 is 35.7 Å². The molecule has 1 aliphatic rings. The number of sulfone groups is 1. The van der Waals surface area contributed by atoms with E-state index in [1.165, 1.54) is 6.42 Å². The Hall–Kier alpha value is 0.300. The number of nitrogens with one attached hydrogen (secondary N) is 2. The van der Waals surface area contributed by atoms with Crippen LogP contribution < -0.4 is 10.6 Å². The van der Waals surface area contributed by atoms with Gasteiger partial charge in [0.15, 0.2) is 15.8 Å². The number of thioether (sulfide) groups is 1. The zero-order chi connectivity index (χ0) is 16.8. The summed E-state index contributed by atoms with van der Waals surface area (Å²) in [6, 6.07) is 0.439. The minimum atomic E-state index is -3.11. The van der Waals surface area contributed by atoms with Crippen LogP contribution in [0.2, 0.25) is 0 Å². The highest BCUT2D eigenvalue weighted by atomic mass is 127. The molecule has 23 heavy (non-hydrogen) atoms. The number of hydrogen-bond acceptors (Lipinski definition) is 4. The van der Waals surface area contributed by atoms with Crippen molar-refractivity contribution in [3.63, 3.8) is 0 Å². The number of nitrogens with zero attached hydrogens (tertiary/aromatic N) is 1. The number of hydrogen-bond donors (Lipinski definition) is 2. The molecule has 0 heterocycles. The fourth-order valence-electron chi connectivity index (χ4n) is 2.38. The van der Waals surface area contributed by atoms with Gasteiger partial charge in [-0.3, -0.25) is 4.99 Å². The first-order valence-electron chi connectivity index (χ1n) is 7.99. The lowest BCUT2D eigenvalue weighted by molar-refractivity contribution is 0.560. The van der Waals surface area contributed by atoms with Crippen molar-refractivity contribution < 1.29 is 8.42 Å². The predicted octanol–water partition coefficient (Wildman–Crippen LogP) is 2.66. The summed E-state index contributed by atoms with van der Waals surface area (Å²) in [4.78, 5) is 4.43. The Morgan fingerprint density at radius 2 is 1.96 bits per heavy atom. The lowest BCUT2D eigenvalue weighted by Crippen LogP contribution is -2.43. The normalized spacial score (nSPS) is 22.6. The van der Waals surface area contributed by atoms with Gasteiger partial charge in [0, 0.05) is 17.8 Å². The SMILES string of the molecule is CCNC(=NCCS(=O)(=O)C(C)(C)C)NC1CCC(SC)C1.I. The van der Waals surface area contributed by atoms with E-state index in [0.717, 1.165) is 30.6 Å². The van der Waals surface area contributed by atoms with Crippen molar-refractivity contribution in [2.75, 3.05) is 25.1 Å². The van der Waals surface area contributed by atoms with Crippen LogP contribution in [0.4, 0.5) is 0 Å². The first-order valence-corrected chi connectivity index (χ1v) is 10.9. The van der Waals surface area contributed by atoms with Gasteiger partial charge in [-0.25, -0.2) is 8.42 Å². The Morgan fingerprint density at radius 3 is 2.43 bits per heavy atom. The van der Waals surface area contributed by atoms with E-state index in [9.17, 15) is 8.42 Å². The third-order valence-electron chi connectivity index (χ3n) is 3.97. The molecule has 1 aliphatic carbocycles. The van der Waals surface area contributed by atoms with Gasteiger partial charge in [-0.1, -0.05) is 0 Å². The maximum Gasteiger partial charge on any atom is 0.191 e. The maximum atomic E-state index is 12.1. The van der Waals surface area contributed by atoms with Gasteiger partial charge in [0.1, 0.15) is 0 Å². The Kier molecular flexibility index (Phi) is 10.5. The van der Waals surface area contributed by atoms with E-state index in [1.54, 1.807) is 20.8 Å². The summed E-state index contributed by atoms with van der Waals surface area (Å²) >= 11 is 1.92. The topological polar surface area (TPSA) is 70.6 Å². The minimum Gasteiger partial charge on any atom is -0.357 e. The van der Waals surface area contributed by atoms with Crippen molar-refractivity contribution in [2.45, 2.75) is 63.0 Å². The summed E-state index contributed by atoms with van der Waals surface area (Å²) in [5.41, 5.74) is 0. The van der Waals surface area contributed by atoms with Crippen molar-refractivity contribution in [3.05, 3.63) is 0 Å². The highest BCUT2D eigenvalue weighted by molar-refractivity contribution is 14.0. The van der Waals surface area contributed by atoms with Gasteiger partial charge < -0.3 is 10.6 Å². The molecule has 0 spiro atoms. The van der Waals surface area contributed by atoms with E-state index < -0.39 is 14.6 Å². The van der Waals surface area contributed by atoms with Gasteiger partial charge in [-0.15, -0.1) is 24.0 Å². The molecule has 0 aromatic heterocycles. The van der Waals surface area contributed by atoms with Gasteiger partial charge in [-0.05, 0) is 53.2 Å². The molecule has 1 saturated carbocycles. The Labute approximate surface area is 163 Å². The van der Waals surface area contributed by atoms with Crippen LogP contribution in [0, 0.1) is 0 Å². The molecular weight excluding hydrogens is 445 g/mol. The third-order valence-corrected chi connectivity index (χ3v) is 7.65. The van der Waals surface area contributed by atoms with E-state index in [2.05, 4.69) is 21.9 Å². The van der Waals surface area contributed by atoms with Gasteiger partial charge in [0.25, 0.3) is 0 Å². The van der Waals surface area contributed by atoms with E-state index >= 15 is 0 Å². The largest absolute Gasteiger partial charge is 0.357 e. The van der Waals surface area contributed by atoms with Crippen molar-refractivity contribution >= 4 is 51.5 Å². The summed E-state index contributed by atoms with van der Waals surface area (Å²) in [6.07, 6.45) is 5.68. The number of aliphatic imine (C=N–C) groups is 1. The van der Waals surface area contributed by atoms with E-state index in [1.807, 2.05) is 18.7 Å². The second-order valence-corrected chi connectivity index (χ2v) is 10.7.